The smallest absolute Gasteiger partial charge is 0.160 e. The zero-order valence-electron chi connectivity index (χ0n) is 18.5. The molecular weight excluding hydrogens is 400 g/mol. The fourth-order valence-electron chi connectivity index (χ4n) is 3.68. The quantitative estimate of drug-likeness (QED) is 0.381. The van der Waals surface area contributed by atoms with E-state index in [1.165, 1.54) is 11.1 Å². The zero-order valence-corrected chi connectivity index (χ0v) is 18.5. The molecule has 0 spiro atoms. The molecule has 0 unspecified atom stereocenters. The van der Waals surface area contributed by atoms with E-state index in [1.54, 1.807) is 20.4 Å². The van der Waals surface area contributed by atoms with Crippen molar-refractivity contribution in [1.29, 1.82) is 0 Å². The predicted molar refractivity (Wildman–Crippen MR) is 126 cm³/mol. The summed E-state index contributed by atoms with van der Waals surface area (Å²) in [6.07, 6.45) is 6.66. The van der Waals surface area contributed by atoms with Crippen molar-refractivity contribution >= 4 is 0 Å². The van der Waals surface area contributed by atoms with Crippen LogP contribution in [-0.2, 0) is 19.5 Å². The van der Waals surface area contributed by atoms with Crippen LogP contribution in [0.2, 0.25) is 0 Å². The highest BCUT2D eigenvalue weighted by molar-refractivity contribution is 5.61. The molecule has 2 heterocycles. The average molecular weight is 429 g/mol. The Bertz CT molecular complexity index is 1130. The Morgan fingerprint density at radius 2 is 1.75 bits per heavy atom. The molecule has 0 bridgehead atoms. The van der Waals surface area contributed by atoms with Gasteiger partial charge in [-0.15, -0.1) is 0 Å². The molecule has 2 aromatic carbocycles. The maximum absolute atomic E-state index is 5.41. The summed E-state index contributed by atoms with van der Waals surface area (Å²) in [7, 11) is 3.31. The van der Waals surface area contributed by atoms with Gasteiger partial charge in [-0.25, -0.2) is 0 Å². The van der Waals surface area contributed by atoms with Crippen molar-refractivity contribution in [3.63, 3.8) is 0 Å². The van der Waals surface area contributed by atoms with Crippen LogP contribution >= 0.6 is 0 Å². The highest BCUT2D eigenvalue weighted by Crippen LogP contribution is 2.27. The van der Waals surface area contributed by atoms with Gasteiger partial charge in [0.1, 0.15) is 0 Å². The van der Waals surface area contributed by atoms with E-state index in [2.05, 4.69) is 52.9 Å². The van der Waals surface area contributed by atoms with E-state index < -0.39 is 0 Å². The Hall–Kier alpha value is -3.64. The SMILES string of the molecule is COc1ccc(CCNCc2cn(Cc3ccccc3)nc2-c2cccnc2)cc1OC. The minimum Gasteiger partial charge on any atom is -0.493 e. The summed E-state index contributed by atoms with van der Waals surface area (Å²) in [5.74, 6) is 1.50. The third kappa shape index (κ3) is 5.34. The number of pyridine rings is 1. The van der Waals surface area contributed by atoms with E-state index >= 15 is 0 Å². The van der Waals surface area contributed by atoms with Crippen molar-refractivity contribution in [2.45, 2.75) is 19.5 Å². The third-order valence-corrected chi connectivity index (χ3v) is 5.31. The molecule has 32 heavy (non-hydrogen) atoms. The third-order valence-electron chi connectivity index (χ3n) is 5.31. The molecule has 6 nitrogen and oxygen atoms in total. The van der Waals surface area contributed by atoms with Gasteiger partial charge in [0.05, 0.1) is 26.5 Å². The molecule has 0 aliphatic heterocycles. The van der Waals surface area contributed by atoms with E-state index in [1.807, 2.05) is 35.1 Å². The minimum atomic E-state index is 0.728. The molecule has 2 aromatic heterocycles. The number of benzene rings is 2. The molecule has 4 aromatic rings. The van der Waals surface area contributed by atoms with Gasteiger partial charge in [0, 0.05) is 36.3 Å². The Balaban J connectivity index is 1.44. The Morgan fingerprint density at radius 1 is 0.906 bits per heavy atom. The number of hydrogen-bond acceptors (Lipinski definition) is 5. The molecular formula is C26H28N4O2. The lowest BCUT2D eigenvalue weighted by Gasteiger charge is -2.10. The van der Waals surface area contributed by atoms with Crippen LogP contribution in [0.5, 0.6) is 11.5 Å². The molecule has 0 atom stereocenters. The summed E-state index contributed by atoms with van der Waals surface area (Å²) in [6.45, 7) is 2.30. The molecule has 0 aliphatic carbocycles. The summed E-state index contributed by atoms with van der Waals surface area (Å²) < 4.78 is 12.7. The average Bonchev–Trinajstić information content (AvgIpc) is 3.25. The summed E-state index contributed by atoms with van der Waals surface area (Å²) in [4.78, 5) is 4.27. The summed E-state index contributed by atoms with van der Waals surface area (Å²) in [5, 5.41) is 8.42. The van der Waals surface area contributed by atoms with Crippen LogP contribution in [0.25, 0.3) is 11.3 Å². The van der Waals surface area contributed by atoms with Gasteiger partial charge in [-0.3, -0.25) is 9.67 Å². The monoisotopic (exact) mass is 428 g/mol. The Morgan fingerprint density at radius 3 is 2.50 bits per heavy atom. The molecule has 0 saturated carbocycles. The first-order chi connectivity index (χ1) is 15.8. The molecule has 164 valence electrons. The van der Waals surface area contributed by atoms with Gasteiger partial charge in [0.15, 0.2) is 11.5 Å². The molecule has 0 amide bonds. The standard InChI is InChI=1S/C26H28N4O2/c1-31-24-11-10-20(15-25(24)32-2)12-14-28-17-23-19-30(18-21-7-4-3-5-8-21)29-26(23)22-9-6-13-27-16-22/h3-11,13,15-16,19,28H,12,14,17-18H2,1-2H3. The number of nitrogens with one attached hydrogen (secondary N) is 1. The molecule has 0 aliphatic rings. The topological polar surface area (TPSA) is 61.2 Å². The van der Waals surface area contributed by atoms with Crippen molar-refractivity contribution in [3.05, 3.63) is 95.9 Å². The number of nitrogens with zero attached hydrogens (tertiary/aromatic N) is 3. The lowest BCUT2D eigenvalue weighted by atomic mass is 10.1. The maximum Gasteiger partial charge on any atom is 0.160 e. The van der Waals surface area contributed by atoms with E-state index in [0.29, 0.717) is 0 Å². The van der Waals surface area contributed by atoms with Gasteiger partial charge in [-0.2, -0.15) is 5.10 Å². The number of aromatic nitrogens is 3. The number of rotatable bonds is 10. The number of methoxy groups -OCH3 is 2. The van der Waals surface area contributed by atoms with Crippen molar-refractivity contribution in [3.8, 4) is 22.8 Å². The summed E-state index contributed by atoms with van der Waals surface area (Å²) in [5.41, 5.74) is 5.56. The molecule has 0 saturated heterocycles. The minimum absolute atomic E-state index is 0.728. The molecule has 0 fully saturated rings. The van der Waals surface area contributed by atoms with Crippen LogP contribution in [0.4, 0.5) is 0 Å². The predicted octanol–water partition coefficient (Wildman–Crippen LogP) is 4.34. The summed E-state index contributed by atoms with van der Waals surface area (Å²) >= 11 is 0. The van der Waals surface area contributed by atoms with Gasteiger partial charge in [0.2, 0.25) is 0 Å². The van der Waals surface area contributed by atoms with Gasteiger partial charge in [-0.1, -0.05) is 36.4 Å². The Labute approximate surface area is 188 Å². The second-order valence-corrected chi connectivity index (χ2v) is 7.54. The normalized spacial score (nSPS) is 10.8. The first-order valence-corrected chi connectivity index (χ1v) is 10.7. The summed E-state index contributed by atoms with van der Waals surface area (Å²) in [6, 6.07) is 20.4. The van der Waals surface area contributed by atoms with E-state index in [4.69, 9.17) is 14.6 Å². The van der Waals surface area contributed by atoms with Crippen molar-refractivity contribution in [2.75, 3.05) is 20.8 Å². The second-order valence-electron chi connectivity index (χ2n) is 7.54. The van der Waals surface area contributed by atoms with E-state index in [-0.39, 0.29) is 0 Å². The lowest BCUT2D eigenvalue weighted by molar-refractivity contribution is 0.354. The fourth-order valence-corrected chi connectivity index (χ4v) is 3.68. The molecule has 0 radical (unpaired) electrons. The number of ether oxygens (including phenoxy) is 2. The van der Waals surface area contributed by atoms with Crippen LogP contribution < -0.4 is 14.8 Å². The van der Waals surface area contributed by atoms with Gasteiger partial charge in [0.25, 0.3) is 0 Å². The second kappa shape index (κ2) is 10.6. The van der Waals surface area contributed by atoms with Crippen molar-refractivity contribution in [1.82, 2.24) is 20.1 Å². The zero-order chi connectivity index (χ0) is 22.2. The van der Waals surface area contributed by atoms with Gasteiger partial charge < -0.3 is 14.8 Å². The molecule has 4 rings (SSSR count). The highest BCUT2D eigenvalue weighted by Gasteiger charge is 2.12. The van der Waals surface area contributed by atoms with Crippen molar-refractivity contribution < 1.29 is 9.47 Å². The number of hydrogen-bond donors (Lipinski definition) is 1. The van der Waals surface area contributed by atoms with Gasteiger partial charge in [-0.05, 0) is 48.4 Å². The van der Waals surface area contributed by atoms with Crippen LogP contribution in [-0.4, -0.2) is 35.5 Å². The molecule has 6 heteroatoms. The Kier molecular flexibility index (Phi) is 7.15. The first kappa shape index (κ1) is 21.6. The van der Waals surface area contributed by atoms with Gasteiger partial charge >= 0.3 is 0 Å². The van der Waals surface area contributed by atoms with E-state index in [9.17, 15) is 0 Å². The largest absolute Gasteiger partial charge is 0.493 e. The van der Waals surface area contributed by atoms with Crippen molar-refractivity contribution in [2.24, 2.45) is 0 Å². The highest BCUT2D eigenvalue weighted by atomic mass is 16.5. The van der Waals surface area contributed by atoms with E-state index in [0.717, 1.165) is 54.4 Å². The van der Waals surface area contributed by atoms with Crippen LogP contribution in [0, 0.1) is 0 Å². The lowest BCUT2D eigenvalue weighted by Crippen LogP contribution is -2.17. The maximum atomic E-state index is 5.41. The van der Waals surface area contributed by atoms with Crippen LogP contribution in [0.3, 0.4) is 0 Å². The fraction of sp³-hybridized carbons (Fsp3) is 0.231. The first-order valence-electron chi connectivity index (χ1n) is 10.7. The van der Waals surface area contributed by atoms with Crippen LogP contribution in [0.1, 0.15) is 16.7 Å². The molecule has 1 N–H and O–H groups in total. The van der Waals surface area contributed by atoms with Crippen LogP contribution in [0.15, 0.2) is 79.3 Å².